The van der Waals surface area contributed by atoms with Crippen molar-refractivity contribution in [3.05, 3.63) is 34.2 Å². The van der Waals surface area contributed by atoms with E-state index in [-0.39, 0.29) is 28.7 Å². The normalized spacial score (nSPS) is 21.2. The third-order valence-electron chi connectivity index (χ3n) is 7.55. The summed E-state index contributed by atoms with van der Waals surface area (Å²) < 4.78 is 0. The zero-order chi connectivity index (χ0) is 26.3. The Morgan fingerprint density at radius 1 is 0.972 bits per heavy atom. The molecular weight excluding hydrogens is 470 g/mol. The van der Waals surface area contributed by atoms with Crippen molar-refractivity contribution in [2.45, 2.75) is 110 Å². The SMILES string of the molecule is CC(C)(C)c1cc(-c2sc(C(=O)NC3CC(C(=O)O)C3)nc2CC2CCCCC2)cc(C(C)(C)C)n1. The number of rotatable bonds is 6. The molecule has 0 bridgehead atoms. The second-order valence-corrected chi connectivity index (χ2v) is 13.8. The molecule has 0 spiro atoms. The van der Waals surface area contributed by atoms with E-state index in [2.05, 4.69) is 59.0 Å². The zero-order valence-electron chi connectivity index (χ0n) is 22.6. The van der Waals surface area contributed by atoms with Crippen LogP contribution in [0.2, 0.25) is 0 Å². The summed E-state index contributed by atoms with van der Waals surface area (Å²) in [7, 11) is 0. The Labute approximate surface area is 219 Å². The van der Waals surface area contributed by atoms with Gasteiger partial charge in [-0.2, -0.15) is 0 Å². The molecule has 0 unspecified atom stereocenters. The van der Waals surface area contributed by atoms with E-state index in [1.54, 1.807) is 0 Å². The van der Waals surface area contributed by atoms with Crippen molar-refractivity contribution in [2.24, 2.45) is 11.8 Å². The maximum absolute atomic E-state index is 13.1. The highest BCUT2D eigenvalue weighted by molar-refractivity contribution is 7.17. The number of carbonyl (C=O) groups is 2. The Morgan fingerprint density at radius 3 is 2.08 bits per heavy atom. The van der Waals surface area contributed by atoms with Gasteiger partial charge < -0.3 is 10.4 Å². The number of amides is 1. The standard InChI is InChI=1S/C29H41N3O3S/c1-28(2,3)22-15-18(16-23(32-22)29(4,5)6)24-21(12-17-10-8-7-9-11-17)31-26(36-24)25(33)30-20-13-19(14-20)27(34)35/h15-17,19-20H,7-14H2,1-6H3,(H,30,33)(H,34,35). The number of hydrogen-bond acceptors (Lipinski definition) is 5. The minimum Gasteiger partial charge on any atom is -0.481 e. The summed E-state index contributed by atoms with van der Waals surface area (Å²) in [5.74, 6) is -0.725. The Morgan fingerprint density at radius 2 is 1.56 bits per heavy atom. The largest absolute Gasteiger partial charge is 0.481 e. The van der Waals surface area contributed by atoms with Crippen LogP contribution in [0, 0.1) is 11.8 Å². The summed E-state index contributed by atoms with van der Waals surface area (Å²) in [5, 5.41) is 12.6. The van der Waals surface area contributed by atoms with Gasteiger partial charge in [-0.1, -0.05) is 73.6 Å². The number of carbonyl (C=O) groups excluding carboxylic acids is 1. The third-order valence-corrected chi connectivity index (χ3v) is 8.69. The molecule has 36 heavy (non-hydrogen) atoms. The fraction of sp³-hybridized carbons (Fsp3) is 0.655. The first kappa shape index (κ1) is 26.8. The van der Waals surface area contributed by atoms with E-state index in [4.69, 9.17) is 15.1 Å². The molecule has 6 nitrogen and oxygen atoms in total. The molecule has 0 radical (unpaired) electrons. The molecule has 1 amide bonds. The van der Waals surface area contributed by atoms with E-state index < -0.39 is 5.97 Å². The van der Waals surface area contributed by atoms with Crippen LogP contribution >= 0.6 is 11.3 Å². The molecular formula is C29H41N3O3S. The van der Waals surface area contributed by atoms with E-state index in [0.29, 0.717) is 23.8 Å². The summed E-state index contributed by atoms with van der Waals surface area (Å²) in [6, 6.07) is 4.27. The van der Waals surface area contributed by atoms with Crippen molar-refractivity contribution in [3.63, 3.8) is 0 Å². The second-order valence-electron chi connectivity index (χ2n) is 12.8. The number of aromatic nitrogens is 2. The van der Waals surface area contributed by atoms with Crippen LogP contribution in [-0.4, -0.2) is 33.0 Å². The van der Waals surface area contributed by atoms with Crippen LogP contribution in [0.5, 0.6) is 0 Å². The highest BCUT2D eigenvalue weighted by atomic mass is 32.1. The number of carboxylic acid groups (broad SMARTS) is 1. The Bertz CT molecular complexity index is 1080. The van der Waals surface area contributed by atoms with Crippen molar-refractivity contribution < 1.29 is 14.7 Å². The van der Waals surface area contributed by atoms with Crippen LogP contribution in [0.15, 0.2) is 12.1 Å². The molecule has 2 saturated carbocycles. The topological polar surface area (TPSA) is 92.2 Å². The highest BCUT2D eigenvalue weighted by Gasteiger charge is 2.36. The van der Waals surface area contributed by atoms with E-state index in [0.717, 1.165) is 33.9 Å². The van der Waals surface area contributed by atoms with Crippen molar-refractivity contribution in [1.29, 1.82) is 0 Å². The smallest absolute Gasteiger partial charge is 0.306 e. The molecule has 4 rings (SSSR count). The lowest BCUT2D eigenvalue weighted by Crippen LogP contribution is -2.46. The summed E-state index contributed by atoms with van der Waals surface area (Å²) in [6.07, 6.45) is 8.14. The minimum atomic E-state index is -0.784. The number of nitrogens with one attached hydrogen (secondary N) is 1. The number of carboxylic acids is 1. The van der Waals surface area contributed by atoms with Gasteiger partial charge in [-0.15, -0.1) is 11.3 Å². The van der Waals surface area contributed by atoms with Gasteiger partial charge in [-0.25, -0.2) is 4.98 Å². The first-order valence-electron chi connectivity index (χ1n) is 13.4. The molecule has 2 aliphatic rings. The van der Waals surface area contributed by atoms with Crippen molar-refractivity contribution in [2.75, 3.05) is 0 Å². The maximum Gasteiger partial charge on any atom is 0.306 e. The molecule has 2 heterocycles. The number of nitrogens with zero attached hydrogens (tertiary/aromatic N) is 2. The predicted octanol–water partition coefficient (Wildman–Crippen LogP) is 6.52. The van der Waals surface area contributed by atoms with Crippen LogP contribution < -0.4 is 5.32 Å². The molecule has 0 aliphatic heterocycles. The number of thiazole rings is 1. The number of pyridine rings is 1. The molecule has 0 atom stereocenters. The fourth-order valence-corrected chi connectivity index (χ4v) is 6.08. The lowest BCUT2D eigenvalue weighted by atomic mass is 9.80. The molecule has 2 aromatic rings. The van der Waals surface area contributed by atoms with Crippen LogP contribution in [-0.2, 0) is 22.0 Å². The Balaban J connectivity index is 1.69. The first-order valence-corrected chi connectivity index (χ1v) is 14.2. The lowest BCUT2D eigenvalue weighted by Gasteiger charge is -2.32. The summed E-state index contributed by atoms with van der Waals surface area (Å²) >= 11 is 1.46. The van der Waals surface area contributed by atoms with Crippen LogP contribution in [0.4, 0.5) is 0 Å². The highest BCUT2D eigenvalue weighted by Crippen LogP contribution is 2.38. The molecule has 7 heteroatoms. The van der Waals surface area contributed by atoms with Gasteiger partial charge in [0.05, 0.1) is 16.5 Å². The summed E-state index contributed by atoms with van der Waals surface area (Å²) in [5.41, 5.74) is 3.99. The molecule has 2 fully saturated rings. The van der Waals surface area contributed by atoms with Gasteiger partial charge in [0.15, 0.2) is 5.01 Å². The van der Waals surface area contributed by atoms with Gasteiger partial charge >= 0.3 is 5.97 Å². The van der Waals surface area contributed by atoms with E-state index in [1.807, 2.05) is 0 Å². The monoisotopic (exact) mass is 511 g/mol. The van der Waals surface area contributed by atoms with Crippen molar-refractivity contribution >= 4 is 23.2 Å². The van der Waals surface area contributed by atoms with Gasteiger partial charge in [0.1, 0.15) is 0 Å². The number of aliphatic carboxylic acids is 1. The quantitative estimate of drug-likeness (QED) is 0.461. The summed E-state index contributed by atoms with van der Waals surface area (Å²) in [4.78, 5) is 35.3. The molecule has 2 N–H and O–H groups in total. The van der Waals surface area contributed by atoms with Gasteiger partial charge in [0.25, 0.3) is 5.91 Å². The minimum absolute atomic E-state index is 0.0892. The van der Waals surface area contributed by atoms with Crippen LogP contribution in [0.25, 0.3) is 10.4 Å². The van der Waals surface area contributed by atoms with Crippen molar-refractivity contribution in [1.82, 2.24) is 15.3 Å². The van der Waals surface area contributed by atoms with Gasteiger partial charge in [0.2, 0.25) is 0 Å². The second kappa shape index (κ2) is 10.2. The predicted molar refractivity (Wildman–Crippen MR) is 145 cm³/mol. The molecule has 0 aromatic carbocycles. The average molecular weight is 512 g/mol. The van der Waals surface area contributed by atoms with E-state index in [9.17, 15) is 9.59 Å². The van der Waals surface area contributed by atoms with Gasteiger partial charge in [0, 0.05) is 28.3 Å². The van der Waals surface area contributed by atoms with Crippen LogP contribution in [0.3, 0.4) is 0 Å². The van der Waals surface area contributed by atoms with E-state index in [1.165, 1.54) is 43.4 Å². The molecule has 0 saturated heterocycles. The third kappa shape index (κ3) is 6.16. The summed E-state index contributed by atoms with van der Waals surface area (Å²) in [6.45, 7) is 13.1. The maximum atomic E-state index is 13.1. The number of hydrogen-bond donors (Lipinski definition) is 2. The Kier molecular flexibility index (Phi) is 7.61. The van der Waals surface area contributed by atoms with Gasteiger partial charge in [-0.3, -0.25) is 14.6 Å². The molecule has 2 aromatic heterocycles. The van der Waals surface area contributed by atoms with Crippen LogP contribution in [0.1, 0.15) is 113 Å². The first-order chi connectivity index (χ1) is 16.8. The van der Waals surface area contributed by atoms with E-state index >= 15 is 0 Å². The average Bonchev–Trinajstić information content (AvgIpc) is 3.18. The molecule has 2 aliphatic carbocycles. The van der Waals surface area contributed by atoms with Crippen molar-refractivity contribution in [3.8, 4) is 10.4 Å². The molecule has 196 valence electrons. The van der Waals surface area contributed by atoms with Gasteiger partial charge in [-0.05, 0) is 42.9 Å². The Hall–Kier alpha value is -2.28. The fourth-order valence-electron chi connectivity index (χ4n) is 5.09. The zero-order valence-corrected chi connectivity index (χ0v) is 23.4. The lowest BCUT2D eigenvalue weighted by molar-refractivity contribution is -0.145.